The van der Waals surface area contributed by atoms with Crippen LogP contribution in [0.15, 0.2) is 65.2 Å². The summed E-state index contributed by atoms with van der Waals surface area (Å²) >= 11 is 12.4. The van der Waals surface area contributed by atoms with Gasteiger partial charge >= 0.3 is 0 Å². The first-order valence-corrected chi connectivity index (χ1v) is 11.4. The molecule has 2 aromatic heterocycles. The van der Waals surface area contributed by atoms with Crippen molar-refractivity contribution in [3.63, 3.8) is 0 Å². The van der Waals surface area contributed by atoms with Gasteiger partial charge in [0.15, 0.2) is 11.6 Å². The Morgan fingerprint density at radius 2 is 1.88 bits per heavy atom. The van der Waals surface area contributed by atoms with Crippen LogP contribution in [0.3, 0.4) is 0 Å². The van der Waals surface area contributed by atoms with Crippen LogP contribution in [-0.2, 0) is 26.0 Å². The number of halogens is 2. The van der Waals surface area contributed by atoms with E-state index in [1.54, 1.807) is 47.3 Å². The minimum Gasteiger partial charge on any atom is -0.486 e. The lowest BCUT2D eigenvalue weighted by atomic mass is 10.1. The first-order chi connectivity index (χ1) is 16.0. The van der Waals surface area contributed by atoms with Crippen LogP contribution in [0, 0.1) is 0 Å². The van der Waals surface area contributed by atoms with Gasteiger partial charge in [0.2, 0.25) is 0 Å². The molecule has 0 atom stereocenters. The third-order valence-electron chi connectivity index (χ3n) is 5.60. The lowest BCUT2D eigenvalue weighted by Crippen LogP contribution is -2.12. The van der Waals surface area contributed by atoms with Crippen molar-refractivity contribution in [1.29, 1.82) is 0 Å². The summed E-state index contributed by atoms with van der Waals surface area (Å²) in [7, 11) is 0. The number of carbonyl (C=O) groups is 1. The summed E-state index contributed by atoms with van der Waals surface area (Å²) < 4.78 is 13.2. The second-order valence-electron chi connectivity index (χ2n) is 7.89. The molecule has 8 heteroatoms. The molecule has 0 radical (unpaired) electrons. The summed E-state index contributed by atoms with van der Waals surface area (Å²) in [4.78, 5) is 12.6. The number of nitrogens with one attached hydrogen (secondary N) is 1. The fourth-order valence-corrected chi connectivity index (χ4v) is 4.43. The van der Waals surface area contributed by atoms with Gasteiger partial charge in [-0.2, -0.15) is 5.10 Å². The smallest absolute Gasteiger partial charge is 0.292 e. The number of carbonyl (C=O) groups excluding carboxylic acids is 1. The number of amides is 1. The van der Waals surface area contributed by atoms with Crippen molar-refractivity contribution in [3.8, 4) is 5.75 Å². The number of rotatable bonds is 7. The molecule has 1 aliphatic rings. The SMILES string of the molecule is O=C(Nc1ccn(Cc2c(Cl)cccc2Cl)n1)c1ccc(COc2ccc3c(c2)CCC3)o1. The van der Waals surface area contributed by atoms with Gasteiger partial charge in [-0.1, -0.05) is 35.3 Å². The fourth-order valence-electron chi connectivity index (χ4n) is 3.91. The van der Waals surface area contributed by atoms with Crippen LogP contribution in [0.4, 0.5) is 5.82 Å². The van der Waals surface area contributed by atoms with E-state index in [-0.39, 0.29) is 18.3 Å². The second kappa shape index (κ2) is 9.33. The molecule has 5 rings (SSSR count). The third kappa shape index (κ3) is 4.92. The van der Waals surface area contributed by atoms with Crippen molar-refractivity contribution < 1.29 is 13.9 Å². The second-order valence-corrected chi connectivity index (χ2v) is 8.71. The molecule has 1 N–H and O–H groups in total. The normalized spacial score (nSPS) is 12.5. The number of aryl methyl sites for hydroxylation is 2. The number of benzene rings is 2. The van der Waals surface area contributed by atoms with Crippen molar-refractivity contribution >= 4 is 34.9 Å². The van der Waals surface area contributed by atoms with E-state index in [0.717, 1.165) is 24.2 Å². The van der Waals surface area contributed by atoms with Crippen LogP contribution < -0.4 is 10.1 Å². The molecule has 4 aromatic rings. The summed E-state index contributed by atoms with van der Waals surface area (Å²) in [6.07, 6.45) is 5.17. The van der Waals surface area contributed by atoms with Crippen molar-refractivity contribution in [1.82, 2.24) is 9.78 Å². The lowest BCUT2D eigenvalue weighted by Gasteiger charge is -2.07. The average molecular weight is 482 g/mol. The van der Waals surface area contributed by atoms with Gasteiger partial charge in [0.05, 0.1) is 6.54 Å². The van der Waals surface area contributed by atoms with Crippen LogP contribution in [-0.4, -0.2) is 15.7 Å². The highest BCUT2D eigenvalue weighted by molar-refractivity contribution is 6.35. The number of ether oxygens (including phenoxy) is 1. The van der Waals surface area contributed by atoms with E-state index >= 15 is 0 Å². The molecule has 0 fully saturated rings. The Morgan fingerprint density at radius 3 is 2.73 bits per heavy atom. The van der Waals surface area contributed by atoms with Crippen LogP contribution in [0.1, 0.15) is 39.4 Å². The van der Waals surface area contributed by atoms with E-state index in [4.69, 9.17) is 32.4 Å². The maximum Gasteiger partial charge on any atom is 0.292 e. The molecule has 0 spiro atoms. The van der Waals surface area contributed by atoms with E-state index in [1.165, 1.54) is 17.5 Å². The summed E-state index contributed by atoms with van der Waals surface area (Å²) in [5.74, 6) is 1.57. The number of nitrogens with zero attached hydrogens (tertiary/aromatic N) is 2. The first kappa shape index (κ1) is 21.6. The number of fused-ring (bicyclic) bond motifs is 1. The van der Waals surface area contributed by atoms with E-state index in [2.05, 4.69) is 22.5 Å². The summed E-state index contributed by atoms with van der Waals surface area (Å²) in [6, 6.07) is 16.6. The van der Waals surface area contributed by atoms with Gasteiger partial charge in [0.25, 0.3) is 5.91 Å². The van der Waals surface area contributed by atoms with Crippen LogP contribution in [0.25, 0.3) is 0 Å². The molecule has 0 saturated heterocycles. The fraction of sp³-hybridized carbons (Fsp3) is 0.200. The zero-order valence-corrected chi connectivity index (χ0v) is 19.2. The highest BCUT2D eigenvalue weighted by atomic mass is 35.5. The Kier molecular flexibility index (Phi) is 6.11. The van der Waals surface area contributed by atoms with Crippen LogP contribution in [0.5, 0.6) is 5.75 Å². The predicted molar refractivity (Wildman–Crippen MR) is 127 cm³/mol. The monoisotopic (exact) mass is 481 g/mol. The zero-order valence-electron chi connectivity index (χ0n) is 17.7. The molecule has 6 nitrogen and oxygen atoms in total. The number of aromatic nitrogens is 2. The molecule has 2 heterocycles. The van der Waals surface area contributed by atoms with Crippen molar-refractivity contribution in [2.24, 2.45) is 0 Å². The van der Waals surface area contributed by atoms with E-state index in [1.807, 2.05) is 6.07 Å². The minimum atomic E-state index is -0.389. The molecular formula is C25H21Cl2N3O3. The number of furan rings is 1. The predicted octanol–water partition coefficient (Wildman–Crippen LogP) is 6.15. The molecule has 1 amide bonds. The maximum atomic E-state index is 12.6. The molecule has 0 bridgehead atoms. The molecule has 33 heavy (non-hydrogen) atoms. The van der Waals surface area contributed by atoms with E-state index in [9.17, 15) is 4.79 Å². The quantitative estimate of drug-likeness (QED) is 0.343. The molecule has 168 valence electrons. The number of hydrogen-bond donors (Lipinski definition) is 1. The Morgan fingerprint density at radius 1 is 1.06 bits per heavy atom. The molecule has 0 aliphatic heterocycles. The van der Waals surface area contributed by atoms with Crippen LogP contribution >= 0.6 is 23.2 Å². The molecule has 1 aliphatic carbocycles. The Bertz CT molecular complexity index is 1290. The number of anilines is 1. The lowest BCUT2D eigenvalue weighted by molar-refractivity contribution is 0.0992. The highest BCUT2D eigenvalue weighted by Gasteiger charge is 2.15. The van der Waals surface area contributed by atoms with Gasteiger partial charge in [-0.3, -0.25) is 9.48 Å². The standard InChI is InChI=1S/C25H21Cl2N3O3/c26-21-5-2-6-22(27)20(21)14-30-12-11-24(29-30)28-25(31)23-10-9-19(33-23)15-32-18-8-7-16-3-1-4-17(16)13-18/h2,5-13H,1,3-4,14-15H2,(H,28,29,31). The summed E-state index contributed by atoms with van der Waals surface area (Å²) in [5.41, 5.74) is 3.51. The highest BCUT2D eigenvalue weighted by Crippen LogP contribution is 2.27. The zero-order chi connectivity index (χ0) is 22.8. The summed E-state index contributed by atoms with van der Waals surface area (Å²) in [6.45, 7) is 0.637. The maximum absolute atomic E-state index is 12.6. The largest absolute Gasteiger partial charge is 0.486 e. The van der Waals surface area contributed by atoms with Gasteiger partial charge in [-0.25, -0.2) is 0 Å². The van der Waals surface area contributed by atoms with Gasteiger partial charge in [0, 0.05) is 27.9 Å². The van der Waals surface area contributed by atoms with Gasteiger partial charge in [0.1, 0.15) is 18.1 Å². The van der Waals surface area contributed by atoms with E-state index < -0.39 is 0 Å². The molecular weight excluding hydrogens is 461 g/mol. The van der Waals surface area contributed by atoms with Crippen molar-refractivity contribution in [3.05, 3.63) is 99.1 Å². The molecule has 2 aromatic carbocycles. The first-order valence-electron chi connectivity index (χ1n) is 10.7. The Balaban J connectivity index is 1.18. The van der Waals surface area contributed by atoms with Crippen molar-refractivity contribution in [2.75, 3.05) is 5.32 Å². The molecule has 0 saturated carbocycles. The summed E-state index contributed by atoms with van der Waals surface area (Å²) in [5, 5.41) is 8.23. The van der Waals surface area contributed by atoms with E-state index in [0.29, 0.717) is 28.2 Å². The number of hydrogen-bond acceptors (Lipinski definition) is 4. The van der Waals surface area contributed by atoms with Gasteiger partial charge < -0.3 is 14.5 Å². The average Bonchev–Trinajstić information content (AvgIpc) is 3.55. The Labute approximate surface area is 201 Å². The third-order valence-corrected chi connectivity index (χ3v) is 6.31. The topological polar surface area (TPSA) is 69.3 Å². The molecule has 0 unspecified atom stereocenters. The van der Waals surface area contributed by atoms with Gasteiger partial charge in [-0.05, 0) is 66.8 Å². The van der Waals surface area contributed by atoms with Crippen molar-refractivity contribution in [2.45, 2.75) is 32.4 Å². The van der Waals surface area contributed by atoms with Gasteiger partial charge in [-0.15, -0.1) is 0 Å². The Hall–Kier alpha value is -3.22. The minimum absolute atomic E-state index is 0.186. The van der Waals surface area contributed by atoms with Crippen LogP contribution in [0.2, 0.25) is 10.0 Å².